The van der Waals surface area contributed by atoms with Gasteiger partial charge in [0.15, 0.2) is 0 Å². The van der Waals surface area contributed by atoms with Gasteiger partial charge in [-0.25, -0.2) is 4.98 Å². The maximum atomic E-state index is 4.96. The van der Waals surface area contributed by atoms with Crippen molar-refractivity contribution < 1.29 is 0 Å². The third-order valence-electron chi connectivity index (χ3n) is 4.35. The van der Waals surface area contributed by atoms with E-state index in [9.17, 15) is 0 Å². The first-order valence-electron chi connectivity index (χ1n) is 7.19. The lowest BCUT2D eigenvalue weighted by atomic mass is 9.66. The molecule has 0 fully saturated rings. The minimum atomic E-state index is 0.170. The Hall–Kier alpha value is -1.31. The summed E-state index contributed by atoms with van der Waals surface area (Å²) in [5.41, 5.74) is 6.97. The van der Waals surface area contributed by atoms with Crippen molar-refractivity contribution in [3.05, 3.63) is 34.8 Å². The highest BCUT2D eigenvalue weighted by Gasteiger charge is 2.40. The Morgan fingerprint density at radius 1 is 1.11 bits per heavy atom. The summed E-state index contributed by atoms with van der Waals surface area (Å²) < 4.78 is 2.37. The van der Waals surface area contributed by atoms with Gasteiger partial charge >= 0.3 is 0 Å². The second-order valence-corrected chi connectivity index (χ2v) is 7.68. The molecule has 2 aromatic heterocycles. The van der Waals surface area contributed by atoms with E-state index in [0.717, 1.165) is 12.1 Å². The van der Waals surface area contributed by atoms with Crippen LogP contribution in [0.3, 0.4) is 0 Å². The van der Waals surface area contributed by atoms with Gasteiger partial charge in [0.1, 0.15) is 5.65 Å². The van der Waals surface area contributed by atoms with E-state index in [-0.39, 0.29) is 5.41 Å². The van der Waals surface area contributed by atoms with Crippen molar-refractivity contribution in [1.82, 2.24) is 9.38 Å². The van der Waals surface area contributed by atoms with Gasteiger partial charge in [-0.1, -0.05) is 27.7 Å². The molecule has 0 amide bonds. The zero-order chi connectivity index (χ0) is 14.0. The van der Waals surface area contributed by atoms with E-state index in [2.05, 4.69) is 58.1 Å². The molecule has 1 aliphatic carbocycles. The van der Waals surface area contributed by atoms with Crippen molar-refractivity contribution in [1.29, 1.82) is 0 Å². The first-order chi connectivity index (χ1) is 8.70. The van der Waals surface area contributed by atoms with Crippen LogP contribution in [0.4, 0.5) is 0 Å². The number of fused-ring (bicyclic) bond motifs is 3. The number of rotatable bonds is 0. The van der Waals surface area contributed by atoms with Crippen LogP contribution in [0.2, 0.25) is 0 Å². The molecule has 102 valence electrons. The molecule has 0 N–H and O–H groups in total. The van der Waals surface area contributed by atoms with Crippen LogP contribution in [0.25, 0.3) is 5.65 Å². The Morgan fingerprint density at radius 3 is 2.47 bits per heavy atom. The van der Waals surface area contributed by atoms with Crippen LogP contribution in [-0.2, 0) is 11.8 Å². The van der Waals surface area contributed by atoms with Gasteiger partial charge in [-0.3, -0.25) is 0 Å². The predicted molar refractivity (Wildman–Crippen MR) is 79.8 cm³/mol. The molecule has 2 heteroatoms. The van der Waals surface area contributed by atoms with Crippen LogP contribution < -0.4 is 0 Å². The molecule has 2 heterocycles. The van der Waals surface area contributed by atoms with Crippen molar-refractivity contribution in [2.75, 3.05) is 0 Å². The van der Waals surface area contributed by atoms with Crippen LogP contribution in [0.5, 0.6) is 0 Å². The molecule has 2 aromatic rings. The molecular weight excluding hydrogens is 232 g/mol. The molecule has 0 spiro atoms. The fraction of sp³-hybridized carbons (Fsp3) is 0.588. The molecule has 2 nitrogen and oxygen atoms in total. The predicted octanol–water partition coefficient (Wildman–Crippen LogP) is 4.20. The number of aromatic nitrogens is 2. The van der Waals surface area contributed by atoms with E-state index in [1.165, 1.54) is 29.1 Å². The van der Waals surface area contributed by atoms with Crippen molar-refractivity contribution in [2.24, 2.45) is 5.41 Å². The highest BCUT2D eigenvalue weighted by Crippen LogP contribution is 2.45. The van der Waals surface area contributed by atoms with Gasteiger partial charge in [-0.15, -0.1) is 0 Å². The Morgan fingerprint density at radius 2 is 1.79 bits per heavy atom. The SMILES string of the molecule is Cc1cc(C)n2c3c(nc2c1)C(C)(C)CC(C)(C)C3. The summed E-state index contributed by atoms with van der Waals surface area (Å²) in [6.07, 6.45) is 2.33. The highest BCUT2D eigenvalue weighted by atomic mass is 15.0. The van der Waals surface area contributed by atoms with Crippen LogP contribution in [0.15, 0.2) is 12.1 Å². The molecule has 0 saturated heterocycles. The Labute approximate surface area is 115 Å². The smallest absolute Gasteiger partial charge is 0.137 e. The lowest BCUT2D eigenvalue weighted by Gasteiger charge is -2.39. The molecule has 19 heavy (non-hydrogen) atoms. The maximum absolute atomic E-state index is 4.96. The normalized spacial score (nSPS) is 20.5. The summed E-state index contributed by atoms with van der Waals surface area (Å²) in [5, 5.41) is 0. The summed E-state index contributed by atoms with van der Waals surface area (Å²) in [5.74, 6) is 0. The molecule has 3 rings (SSSR count). The fourth-order valence-electron chi connectivity index (χ4n) is 4.10. The van der Waals surface area contributed by atoms with Crippen LogP contribution >= 0.6 is 0 Å². The lowest BCUT2D eigenvalue weighted by Crippen LogP contribution is -2.35. The van der Waals surface area contributed by atoms with E-state index in [0.29, 0.717) is 5.41 Å². The quantitative estimate of drug-likeness (QED) is 0.690. The van der Waals surface area contributed by atoms with Crippen LogP contribution in [0, 0.1) is 19.3 Å². The highest BCUT2D eigenvalue weighted by molar-refractivity contribution is 5.50. The Bertz CT molecular complexity index is 659. The Balaban J connectivity index is 2.36. The topological polar surface area (TPSA) is 17.3 Å². The zero-order valence-corrected chi connectivity index (χ0v) is 13.0. The average Bonchev–Trinajstić information content (AvgIpc) is 2.53. The van der Waals surface area contributed by atoms with Gasteiger partial charge in [-0.05, 0) is 49.8 Å². The Kier molecular flexibility index (Phi) is 2.42. The molecule has 0 aliphatic heterocycles. The first-order valence-corrected chi connectivity index (χ1v) is 7.19. The number of pyridine rings is 1. The number of hydrogen-bond acceptors (Lipinski definition) is 1. The van der Waals surface area contributed by atoms with Crippen LogP contribution in [0.1, 0.15) is 56.8 Å². The molecule has 0 aromatic carbocycles. The fourth-order valence-corrected chi connectivity index (χ4v) is 4.10. The van der Waals surface area contributed by atoms with E-state index in [1.54, 1.807) is 0 Å². The monoisotopic (exact) mass is 256 g/mol. The minimum Gasteiger partial charge on any atom is -0.301 e. The van der Waals surface area contributed by atoms with Crippen molar-refractivity contribution in [2.45, 2.75) is 59.8 Å². The van der Waals surface area contributed by atoms with Crippen molar-refractivity contribution in [3.63, 3.8) is 0 Å². The van der Waals surface area contributed by atoms with E-state index in [1.807, 2.05) is 0 Å². The van der Waals surface area contributed by atoms with E-state index >= 15 is 0 Å². The third-order valence-corrected chi connectivity index (χ3v) is 4.35. The number of nitrogens with zero attached hydrogens (tertiary/aromatic N) is 2. The molecule has 0 unspecified atom stereocenters. The summed E-state index contributed by atoms with van der Waals surface area (Å²) in [6, 6.07) is 4.46. The maximum Gasteiger partial charge on any atom is 0.137 e. The minimum absolute atomic E-state index is 0.170. The van der Waals surface area contributed by atoms with Gasteiger partial charge in [0, 0.05) is 16.8 Å². The summed E-state index contributed by atoms with van der Waals surface area (Å²) in [7, 11) is 0. The van der Waals surface area contributed by atoms with Gasteiger partial charge in [-0.2, -0.15) is 0 Å². The molecule has 0 radical (unpaired) electrons. The summed E-state index contributed by atoms with van der Waals surface area (Å²) in [4.78, 5) is 4.96. The number of imidazole rings is 1. The molecule has 0 bridgehead atoms. The summed E-state index contributed by atoms with van der Waals surface area (Å²) in [6.45, 7) is 13.8. The van der Waals surface area contributed by atoms with Crippen molar-refractivity contribution >= 4 is 5.65 Å². The number of aryl methyl sites for hydroxylation is 2. The number of hydrogen-bond donors (Lipinski definition) is 0. The lowest BCUT2D eigenvalue weighted by molar-refractivity contribution is 0.224. The van der Waals surface area contributed by atoms with E-state index < -0.39 is 0 Å². The standard InChI is InChI=1S/C17H24N2/c1-11-7-12(2)19-13-9-16(3,4)10-17(5,6)15(13)18-14(19)8-11/h7-8H,9-10H2,1-6H3. The molecule has 1 aliphatic rings. The van der Waals surface area contributed by atoms with Gasteiger partial charge in [0.05, 0.1) is 5.69 Å². The molecular formula is C17H24N2. The van der Waals surface area contributed by atoms with E-state index in [4.69, 9.17) is 4.98 Å². The second-order valence-electron chi connectivity index (χ2n) is 7.68. The van der Waals surface area contributed by atoms with Crippen LogP contribution in [-0.4, -0.2) is 9.38 Å². The largest absolute Gasteiger partial charge is 0.301 e. The molecule has 0 saturated carbocycles. The first kappa shape index (κ1) is 12.7. The average molecular weight is 256 g/mol. The second kappa shape index (κ2) is 3.62. The van der Waals surface area contributed by atoms with Gasteiger partial charge < -0.3 is 4.40 Å². The van der Waals surface area contributed by atoms with Gasteiger partial charge in [0.25, 0.3) is 0 Å². The molecule has 0 atom stereocenters. The third kappa shape index (κ3) is 1.89. The van der Waals surface area contributed by atoms with Crippen molar-refractivity contribution in [3.8, 4) is 0 Å². The van der Waals surface area contributed by atoms with Gasteiger partial charge in [0.2, 0.25) is 0 Å². The summed E-state index contributed by atoms with van der Waals surface area (Å²) >= 11 is 0. The zero-order valence-electron chi connectivity index (χ0n) is 13.0.